The molecule has 0 aliphatic heterocycles. The van der Waals surface area contributed by atoms with Crippen molar-refractivity contribution in [1.82, 2.24) is 9.97 Å². The van der Waals surface area contributed by atoms with Crippen molar-refractivity contribution in [3.05, 3.63) is 58.7 Å². The van der Waals surface area contributed by atoms with Gasteiger partial charge in [0, 0.05) is 33.4 Å². The predicted octanol–water partition coefficient (Wildman–Crippen LogP) is 5.09. The Morgan fingerprint density at radius 1 is 1.10 bits per heavy atom. The Balaban J connectivity index is 1.95. The molecule has 100 valence electrons. The molecule has 0 unspecified atom stereocenters. The standard InChI is InChI=1S/C16H13ClN2S/c1-2-14-9-12(7-8-18-14)16-19-15(10-20-16)11-3-5-13(17)6-4-11/h3-10H,2H2,1H3. The molecule has 4 heteroatoms. The molecule has 0 aliphatic carbocycles. The fourth-order valence-electron chi connectivity index (χ4n) is 1.96. The maximum Gasteiger partial charge on any atom is 0.124 e. The minimum atomic E-state index is 0.742. The summed E-state index contributed by atoms with van der Waals surface area (Å²) in [6.07, 6.45) is 2.78. The van der Waals surface area contributed by atoms with Crippen LogP contribution in [0.1, 0.15) is 12.6 Å². The quantitative estimate of drug-likeness (QED) is 0.673. The van der Waals surface area contributed by atoms with Crippen LogP contribution in [0.4, 0.5) is 0 Å². The van der Waals surface area contributed by atoms with Crippen molar-refractivity contribution >= 4 is 22.9 Å². The van der Waals surface area contributed by atoms with Crippen LogP contribution in [-0.4, -0.2) is 9.97 Å². The van der Waals surface area contributed by atoms with Crippen LogP contribution < -0.4 is 0 Å². The normalized spacial score (nSPS) is 10.7. The zero-order valence-electron chi connectivity index (χ0n) is 11.0. The summed E-state index contributed by atoms with van der Waals surface area (Å²) >= 11 is 7.56. The molecular weight excluding hydrogens is 288 g/mol. The molecule has 3 rings (SSSR count). The van der Waals surface area contributed by atoms with Gasteiger partial charge in [-0.2, -0.15) is 0 Å². The number of halogens is 1. The van der Waals surface area contributed by atoms with E-state index in [1.807, 2.05) is 36.5 Å². The van der Waals surface area contributed by atoms with Crippen molar-refractivity contribution < 1.29 is 0 Å². The fourth-order valence-corrected chi connectivity index (χ4v) is 2.92. The van der Waals surface area contributed by atoms with Gasteiger partial charge in [-0.05, 0) is 30.7 Å². The van der Waals surface area contributed by atoms with Gasteiger partial charge in [-0.3, -0.25) is 4.98 Å². The molecule has 0 aliphatic rings. The second-order valence-electron chi connectivity index (χ2n) is 4.43. The number of hydrogen-bond donors (Lipinski definition) is 0. The number of nitrogens with zero attached hydrogens (tertiary/aromatic N) is 2. The van der Waals surface area contributed by atoms with Crippen LogP contribution in [0.25, 0.3) is 21.8 Å². The van der Waals surface area contributed by atoms with Crippen molar-refractivity contribution in [2.24, 2.45) is 0 Å². The molecular formula is C16H13ClN2S. The third-order valence-corrected chi connectivity index (χ3v) is 4.21. The predicted molar refractivity (Wildman–Crippen MR) is 85.2 cm³/mol. The highest BCUT2D eigenvalue weighted by molar-refractivity contribution is 7.13. The zero-order chi connectivity index (χ0) is 13.9. The van der Waals surface area contributed by atoms with Crippen LogP contribution in [0.5, 0.6) is 0 Å². The van der Waals surface area contributed by atoms with E-state index in [1.165, 1.54) is 0 Å². The third-order valence-electron chi connectivity index (χ3n) is 3.07. The first-order chi connectivity index (χ1) is 9.76. The van der Waals surface area contributed by atoms with Crippen molar-refractivity contribution in [2.75, 3.05) is 0 Å². The van der Waals surface area contributed by atoms with Crippen LogP contribution in [0.15, 0.2) is 48.0 Å². The van der Waals surface area contributed by atoms with Gasteiger partial charge in [-0.1, -0.05) is 30.7 Å². The Kier molecular flexibility index (Phi) is 3.81. The lowest BCUT2D eigenvalue weighted by atomic mass is 10.2. The van der Waals surface area contributed by atoms with E-state index in [4.69, 9.17) is 16.6 Å². The lowest BCUT2D eigenvalue weighted by Crippen LogP contribution is -1.87. The van der Waals surface area contributed by atoms with E-state index in [9.17, 15) is 0 Å². The average molecular weight is 301 g/mol. The number of hydrogen-bond acceptors (Lipinski definition) is 3. The lowest BCUT2D eigenvalue weighted by molar-refractivity contribution is 1.04. The molecule has 2 nitrogen and oxygen atoms in total. The van der Waals surface area contributed by atoms with E-state index in [0.29, 0.717) is 0 Å². The van der Waals surface area contributed by atoms with Crippen molar-refractivity contribution in [2.45, 2.75) is 13.3 Å². The molecule has 2 aromatic heterocycles. The van der Waals surface area contributed by atoms with E-state index in [1.54, 1.807) is 11.3 Å². The minimum absolute atomic E-state index is 0.742. The second-order valence-corrected chi connectivity index (χ2v) is 5.73. The summed E-state index contributed by atoms with van der Waals surface area (Å²) in [5.41, 5.74) is 4.28. The molecule has 0 saturated heterocycles. The summed E-state index contributed by atoms with van der Waals surface area (Å²) in [6, 6.07) is 11.9. The number of benzene rings is 1. The maximum absolute atomic E-state index is 5.91. The summed E-state index contributed by atoms with van der Waals surface area (Å²) < 4.78 is 0. The van der Waals surface area contributed by atoms with Crippen LogP contribution in [-0.2, 0) is 6.42 Å². The van der Waals surface area contributed by atoms with Gasteiger partial charge in [0.15, 0.2) is 0 Å². The van der Waals surface area contributed by atoms with Gasteiger partial charge in [0.05, 0.1) is 5.69 Å². The minimum Gasteiger partial charge on any atom is -0.261 e. The van der Waals surface area contributed by atoms with E-state index in [-0.39, 0.29) is 0 Å². The van der Waals surface area contributed by atoms with Gasteiger partial charge < -0.3 is 0 Å². The molecule has 0 saturated carbocycles. The summed E-state index contributed by atoms with van der Waals surface area (Å²) in [5, 5.41) is 3.84. The van der Waals surface area contributed by atoms with Gasteiger partial charge >= 0.3 is 0 Å². The van der Waals surface area contributed by atoms with Gasteiger partial charge in [-0.25, -0.2) is 4.98 Å². The SMILES string of the molecule is CCc1cc(-c2nc(-c3ccc(Cl)cc3)cs2)ccn1. The molecule has 2 heterocycles. The van der Waals surface area contributed by atoms with Crippen LogP contribution in [0.3, 0.4) is 0 Å². The summed E-state index contributed by atoms with van der Waals surface area (Å²) in [6.45, 7) is 2.10. The van der Waals surface area contributed by atoms with Crippen LogP contribution in [0.2, 0.25) is 5.02 Å². The largest absolute Gasteiger partial charge is 0.261 e. The van der Waals surface area contributed by atoms with Gasteiger partial charge in [0.25, 0.3) is 0 Å². The van der Waals surface area contributed by atoms with E-state index < -0.39 is 0 Å². The molecule has 20 heavy (non-hydrogen) atoms. The van der Waals surface area contributed by atoms with Gasteiger partial charge in [-0.15, -0.1) is 11.3 Å². The van der Waals surface area contributed by atoms with E-state index in [2.05, 4.69) is 23.4 Å². The Morgan fingerprint density at radius 3 is 2.65 bits per heavy atom. The lowest BCUT2D eigenvalue weighted by Gasteiger charge is -1.99. The molecule has 3 aromatic rings. The van der Waals surface area contributed by atoms with Crippen molar-refractivity contribution in [3.8, 4) is 21.8 Å². The highest BCUT2D eigenvalue weighted by atomic mass is 35.5. The Labute approximate surface area is 127 Å². The highest BCUT2D eigenvalue weighted by Gasteiger charge is 2.07. The van der Waals surface area contributed by atoms with Crippen molar-refractivity contribution in [1.29, 1.82) is 0 Å². The second kappa shape index (κ2) is 5.73. The Morgan fingerprint density at radius 2 is 1.90 bits per heavy atom. The summed E-state index contributed by atoms with van der Waals surface area (Å²) in [4.78, 5) is 9.02. The maximum atomic E-state index is 5.91. The molecule has 0 atom stereocenters. The van der Waals surface area contributed by atoms with E-state index in [0.717, 1.165) is 39.0 Å². The Hall–Kier alpha value is -1.71. The summed E-state index contributed by atoms with van der Waals surface area (Å²) in [5.74, 6) is 0. The molecule has 1 aromatic carbocycles. The zero-order valence-corrected chi connectivity index (χ0v) is 12.6. The first kappa shape index (κ1) is 13.3. The number of aromatic nitrogens is 2. The Bertz CT molecular complexity index is 719. The smallest absolute Gasteiger partial charge is 0.124 e. The molecule has 0 radical (unpaired) electrons. The topological polar surface area (TPSA) is 25.8 Å². The molecule has 0 amide bonds. The molecule has 0 N–H and O–H groups in total. The molecule has 0 spiro atoms. The average Bonchev–Trinajstić information content (AvgIpc) is 2.98. The number of pyridine rings is 1. The van der Waals surface area contributed by atoms with E-state index >= 15 is 0 Å². The first-order valence-corrected chi connectivity index (χ1v) is 7.69. The molecule has 0 bridgehead atoms. The monoisotopic (exact) mass is 300 g/mol. The van der Waals surface area contributed by atoms with Gasteiger partial charge in [0.2, 0.25) is 0 Å². The van der Waals surface area contributed by atoms with Crippen LogP contribution >= 0.6 is 22.9 Å². The highest BCUT2D eigenvalue weighted by Crippen LogP contribution is 2.29. The third kappa shape index (κ3) is 2.74. The number of rotatable bonds is 3. The van der Waals surface area contributed by atoms with Gasteiger partial charge in [0.1, 0.15) is 5.01 Å². The fraction of sp³-hybridized carbons (Fsp3) is 0.125. The van der Waals surface area contributed by atoms with Crippen LogP contribution in [0, 0.1) is 0 Å². The van der Waals surface area contributed by atoms with Crippen molar-refractivity contribution in [3.63, 3.8) is 0 Å². The molecule has 0 fully saturated rings. The first-order valence-electron chi connectivity index (χ1n) is 6.43. The number of aryl methyl sites for hydroxylation is 1. The summed E-state index contributed by atoms with van der Waals surface area (Å²) in [7, 11) is 0. The number of thiazole rings is 1.